The van der Waals surface area contributed by atoms with E-state index in [1.807, 2.05) is 37.3 Å². The number of hydrogen-bond acceptors (Lipinski definition) is 7. The molecule has 0 radical (unpaired) electrons. The Morgan fingerprint density at radius 1 is 1.00 bits per heavy atom. The summed E-state index contributed by atoms with van der Waals surface area (Å²) in [6.07, 6.45) is 3.02. The molecule has 0 bridgehead atoms. The molecule has 1 aliphatic rings. The lowest BCUT2D eigenvalue weighted by atomic mass is 9.95. The fraction of sp³-hybridized carbons (Fsp3) is 0.250. The molecular weight excluding hydrogens is 460 g/mol. The van der Waals surface area contributed by atoms with E-state index in [4.69, 9.17) is 14.2 Å². The van der Waals surface area contributed by atoms with Crippen molar-refractivity contribution in [2.45, 2.75) is 19.6 Å². The van der Waals surface area contributed by atoms with Gasteiger partial charge in [0.05, 0.1) is 24.8 Å². The zero-order chi connectivity index (χ0) is 25.5. The predicted octanol–water partition coefficient (Wildman–Crippen LogP) is 4.13. The maximum absolute atomic E-state index is 13.1. The van der Waals surface area contributed by atoms with Gasteiger partial charge in [-0.25, -0.2) is 0 Å². The molecule has 1 atom stereocenters. The van der Waals surface area contributed by atoms with Gasteiger partial charge < -0.3 is 24.2 Å². The third-order valence-electron chi connectivity index (χ3n) is 5.85. The summed E-state index contributed by atoms with van der Waals surface area (Å²) in [5.74, 6) is -0.703. The van der Waals surface area contributed by atoms with Crippen molar-refractivity contribution in [2.24, 2.45) is 0 Å². The SMILES string of the molecule is CCOc1cc(C2C(=C(O)c3ccncc3)C(=O)C(=O)N2CCOC)ccc1OCc1ccccc1. The van der Waals surface area contributed by atoms with E-state index in [-0.39, 0.29) is 24.5 Å². The summed E-state index contributed by atoms with van der Waals surface area (Å²) in [6.45, 7) is 3.02. The van der Waals surface area contributed by atoms with Gasteiger partial charge in [-0.1, -0.05) is 36.4 Å². The van der Waals surface area contributed by atoms with E-state index in [1.54, 1.807) is 30.3 Å². The third-order valence-corrected chi connectivity index (χ3v) is 5.85. The van der Waals surface area contributed by atoms with Crippen LogP contribution in [0.15, 0.2) is 78.6 Å². The fourth-order valence-corrected chi connectivity index (χ4v) is 4.13. The van der Waals surface area contributed by atoms with Gasteiger partial charge >= 0.3 is 0 Å². The van der Waals surface area contributed by atoms with Crippen molar-refractivity contribution in [1.29, 1.82) is 0 Å². The molecule has 0 aliphatic carbocycles. The van der Waals surface area contributed by atoms with Crippen LogP contribution < -0.4 is 9.47 Å². The monoisotopic (exact) mass is 488 g/mol. The van der Waals surface area contributed by atoms with Gasteiger partial charge in [0.15, 0.2) is 11.5 Å². The Morgan fingerprint density at radius 3 is 2.44 bits per heavy atom. The minimum Gasteiger partial charge on any atom is -0.507 e. The number of hydrogen-bond donors (Lipinski definition) is 1. The van der Waals surface area contributed by atoms with Crippen molar-refractivity contribution in [3.05, 3.63) is 95.3 Å². The summed E-state index contributed by atoms with van der Waals surface area (Å²) >= 11 is 0. The minimum absolute atomic E-state index is 0.00251. The van der Waals surface area contributed by atoms with E-state index in [9.17, 15) is 14.7 Å². The Bertz CT molecular complexity index is 1240. The zero-order valence-corrected chi connectivity index (χ0v) is 20.2. The van der Waals surface area contributed by atoms with Crippen LogP contribution in [0.1, 0.15) is 29.7 Å². The second-order valence-electron chi connectivity index (χ2n) is 8.13. The van der Waals surface area contributed by atoms with E-state index in [0.717, 1.165) is 5.56 Å². The van der Waals surface area contributed by atoms with Gasteiger partial charge in [-0.15, -0.1) is 0 Å². The number of aliphatic hydroxyl groups excluding tert-OH is 1. The maximum Gasteiger partial charge on any atom is 0.295 e. The van der Waals surface area contributed by atoms with Crippen LogP contribution >= 0.6 is 0 Å². The highest BCUT2D eigenvalue weighted by Gasteiger charge is 2.46. The number of likely N-dealkylation sites (tertiary alicyclic amines) is 1. The number of ketones is 1. The summed E-state index contributed by atoms with van der Waals surface area (Å²) in [4.78, 5) is 31.4. The van der Waals surface area contributed by atoms with Crippen LogP contribution in [0.2, 0.25) is 0 Å². The molecule has 1 aliphatic heterocycles. The van der Waals surface area contributed by atoms with E-state index < -0.39 is 17.7 Å². The Hall–Kier alpha value is -4.17. The number of ether oxygens (including phenoxy) is 3. The number of carbonyl (C=O) groups is 2. The standard InChI is InChI=1S/C28H28N2O6/c1-3-35-23-17-21(9-10-22(23)36-18-19-7-5-4-6-8-19)25-24(26(31)20-11-13-29-14-12-20)27(32)28(33)30(25)15-16-34-2/h4-14,17,25,31H,3,15-16,18H2,1-2H3. The smallest absolute Gasteiger partial charge is 0.295 e. The van der Waals surface area contributed by atoms with Gasteiger partial charge in [-0.2, -0.15) is 0 Å². The van der Waals surface area contributed by atoms with E-state index >= 15 is 0 Å². The van der Waals surface area contributed by atoms with Crippen LogP contribution in [0.5, 0.6) is 11.5 Å². The van der Waals surface area contributed by atoms with Gasteiger partial charge in [0.25, 0.3) is 11.7 Å². The molecule has 1 aromatic heterocycles. The average molecular weight is 489 g/mol. The number of benzene rings is 2. The highest BCUT2D eigenvalue weighted by atomic mass is 16.5. The molecule has 4 rings (SSSR count). The number of Topliss-reactive ketones (excluding diaryl/α,β-unsaturated/α-hetero) is 1. The summed E-state index contributed by atoms with van der Waals surface area (Å²) in [5, 5.41) is 11.1. The molecule has 1 N–H and O–H groups in total. The number of aliphatic hydroxyl groups is 1. The molecule has 1 fully saturated rings. The number of aromatic nitrogens is 1. The summed E-state index contributed by atoms with van der Waals surface area (Å²) in [7, 11) is 1.52. The molecule has 8 heteroatoms. The first kappa shape index (κ1) is 24.9. The van der Waals surface area contributed by atoms with Gasteiger partial charge in [-0.05, 0) is 42.3 Å². The Balaban J connectivity index is 1.75. The van der Waals surface area contributed by atoms with Gasteiger partial charge in [0.1, 0.15) is 12.4 Å². The molecule has 0 spiro atoms. The number of methoxy groups -OCH3 is 1. The number of amides is 1. The van der Waals surface area contributed by atoms with Crippen molar-refractivity contribution in [2.75, 3.05) is 26.9 Å². The lowest BCUT2D eigenvalue weighted by molar-refractivity contribution is -0.140. The molecule has 1 amide bonds. The van der Waals surface area contributed by atoms with Gasteiger partial charge in [0.2, 0.25) is 0 Å². The van der Waals surface area contributed by atoms with Crippen molar-refractivity contribution in [1.82, 2.24) is 9.88 Å². The van der Waals surface area contributed by atoms with Crippen molar-refractivity contribution in [3.63, 3.8) is 0 Å². The molecule has 1 saturated heterocycles. The number of carbonyl (C=O) groups excluding carboxylic acids is 2. The lowest BCUT2D eigenvalue weighted by Gasteiger charge is -2.26. The van der Waals surface area contributed by atoms with E-state index in [1.165, 1.54) is 24.4 Å². The van der Waals surface area contributed by atoms with E-state index in [0.29, 0.717) is 35.8 Å². The van der Waals surface area contributed by atoms with Crippen molar-refractivity contribution < 1.29 is 28.9 Å². The Labute approximate surface area is 209 Å². The molecular formula is C28H28N2O6. The molecule has 8 nitrogen and oxygen atoms in total. The quantitative estimate of drug-likeness (QED) is 0.260. The first-order valence-corrected chi connectivity index (χ1v) is 11.7. The van der Waals surface area contributed by atoms with Crippen molar-refractivity contribution in [3.8, 4) is 11.5 Å². The minimum atomic E-state index is -0.823. The van der Waals surface area contributed by atoms with E-state index in [2.05, 4.69) is 4.98 Å². The highest BCUT2D eigenvalue weighted by Crippen LogP contribution is 2.42. The molecule has 36 heavy (non-hydrogen) atoms. The Morgan fingerprint density at radius 2 is 1.75 bits per heavy atom. The maximum atomic E-state index is 13.1. The summed E-state index contributed by atoms with van der Waals surface area (Å²) < 4.78 is 17.0. The number of nitrogens with zero attached hydrogens (tertiary/aromatic N) is 2. The second-order valence-corrected chi connectivity index (χ2v) is 8.13. The van der Waals surface area contributed by atoms with Crippen LogP contribution in [0.25, 0.3) is 5.76 Å². The summed E-state index contributed by atoms with van der Waals surface area (Å²) in [6, 6.07) is 17.4. The second kappa shape index (κ2) is 11.5. The van der Waals surface area contributed by atoms with Gasteiger partial charge in [-0.3, -0.25) is 14.6 Å². The zero-order valence-electron chi connectivity index (χ0n) is 20.2. The topological polar surface area (TPSA) is 98.2 Å². The Kier molecular flexibility index (Phi) is 7.97. The highest BCUT2D eigenvalue weighted by molar-refractivity contribution is 6.46. The molecule has 1 unspecified atom stereocenters. The lowest BCUT2D eigenvalue weighted by Crippen LogP contribution is -2.32. The molecule has 2 aromatic carbocycles. The molecule has 186 valence electrons. The fourth-order valence-electron chi connectivity index (χ4n) is 4.13. The summed E-state index contributed by atoms with van der Waals surface area (Å²) in [5.41, 5.74) is 2.01. The van der Waals surface area contributed by atoms with Crippen LogP contribution in [-0.4, -0.2) is 53.5 Å². The number of rotatable bonds is 10. The van der Waals surface area contributed by atoms with Crippen LogP contribution in [0.3, 0.4) is 0 Å². The first-order valence-electron chi connectivity index (χ1n) is 11.7. The predicted molar refractivity (Wildman–Crippen MR) is 134 cm³/mol. The van der Waals surface area contributed by atoms with Crippen LogP contribution in [-0.2, 0) is 20.9 Å². The van der Waals surface area contributed by atoms with Crippen LogP contribution in [0.4, 0.5) is 0 Å². The van der Waals surface area contributed by atoms with Gasteiger partial charge in [0, 0.05) is 31.6 Å². The third kappa shape index (κ3) is 5.23. The number of pyridine rings is 1. The van der Waals surface area contributed by atoms with Crippen LogP contribution in [0, 0.1) is 0 Å². The molecule has 3 aromatic rings. The molecule has 2 heterocycles. The first-order chi connectivity index (χ1) is 17.5. The van der Waals surface area contributed by atoms with Crippen molar-refractivity contribution >= 4 is 17.4 Å². The average Bonchev–Trinajstić information content (AvgIpc) is 3.17. The normalized spacial score (nSPS) is 16.8. The molecule has 0 saturated carbocycles. The largest absolute Gasteiger partial charge is 0.507 e.